The highest BCUT2D eigenvalue weighted by Crippen LogP contribution is 2.35. The average Bonchev–Trinajstić information content (AvgIpc) is 2.73. The number of rotatable bonds is 4. The van der Waals surface area contributed by atoms with E-state index in [0.29, 0.717) is 31.7 Å². The van der Waals surface area contributed by atoms with E-state index in [1.165, 1.54) is 18.4 Å². The van der Waals surface area contributed by atoms with Crippen LogP contribution in [0.25, 0.3) is 0 Å². The third-order valence-electron chi connectivity index (χ3n) is 5.79. The normalized spacial score (nSPS) is 20.6. The molecule has 0 radical (unpaired) electrons. The van der Waals surface area contributed by atoms with Gasteiger partial charge in [0.05, 0.1) is 10.8 Å². The van der Waals surface area contributed by atoms with Crippen molar-refractivity contribution in [1.29, 1.82) is 0 Å². The lowest BCUT2D eigenvalue weighted by Gasteiger charge is -2.43. The van der Waals surface area contributed by atoms with Crippen LogP contribution in [-0.2, 0) is 22.6 Å². The van der Waals surface area contributed by atoms with Gasteiger partial charge < -0.3 is 4.90 Å². The first-order chi connectivity index (χ1) is 14.6. The number of hydrogen-bond donors (Lipinski definition) is 0. The van der Waals surface area contributed by atoms with Gasteiger partial charge in [0.25, 0.3) is 0 Å². The fourth-order valence-corrected chi connectivity index (χ4v) is 5.26. The predicted molar refractivity (Wildman–Crippen MR) is 113 cm³/mol. The van der Waals surface area contributed by atoms with Crippen LogP contribution in [0.3, 0.4) is 0 Å². The molecule has 166 valence electrons. The van der Waals surface area contributed by atoms with Crippen LogP contribution < -0.4 is 4.90 Å². The number of anilines is 1. The summed E-state index contributed by atoms with van der Waals surface area (Å²) < 4.78 is 64.5. The minimum atomic E-state index is -4.47. The maximum atomic E-state index is 13.6. The molecule has 1 fully saturated rings. The molecule has 10 heteroatoms. The number of halogens is 3. The van der Waals surface area contributed by atoms with Crippen molar-refractivity contribution in [3.8, 4) is 0 Å². The van der Waals surface area contributed by atoms with Gasteiger partial charge in [-0.1, -0.05) is 18.2 Å². The van der Waals surface area contributed by atoms with Crippen LogP contribution in [-0.4, -0.2) is 55.4 Å². The van der Waals surface area contributed by atoms with Crippen molar-refractivity contribution < 1.29 is 21.6 Å². The van der Waals surface area contributed by atoms with Gasteiger partial charge in [0, 0.05) is 43.9 Å². The fraction of sp³-hybridized carbons (Fsp3) is 0.429. The second-order valence-electron chi connectivity index (χ2n) is 7.89. The van der Waals surface area contributed by atoms with E-state index in [2.05, 4.69) is 9.98 Å². The predicted octanol–water partition coefficient (Wildman–Crippen LogP) is 3.33. The number of fused-ring (bicyclic) bond motifs is 1. The van der Waals surface area contributed by atoms with Gasteiger partial charge in [-0.25, -0.2) is 13.4 Å². The molecular formula is C21H23F3N4O2S. The zero-order valence-corrected chi connectivity index (χ0v) is 17.8. The van der Waals surface area contributed by atoms with Crippen molar-refractivity contribution in [2.75, 3.05) is 24.2 Å². The summed E-state index contributed by atoms with van der Waals surface area (Å²) in [7, 11) is -3.13. The van der Waals surface area contributed by atoms with Gasteiger partial charge in [-0.15, -0.1) is 0 Å². The number of piperidine rings is 1. The molecule has 2 aliphatic rings. The van der Waals surface area contributed by atoms with E-state index < -0.39 is 33.1 Å². The van der Waals surface area contributed by atoms with E-state index in [9.17, 15) is 21.6 Å². The number of nitrogens with zero attached hydrogens (tertiary/aromatic N) is 4. The Kier molecular flexibility index (Phi) is 5.78. The van der Waals surface area contributed by atoms with Gasteiger partial charge in [-0.3, -0.25) is 9.89 Å². The van der Waals surface area contributed by atoms with Gasteiger partial charge in [-0.05, 0) is 36.6 Å². The van der Waals surface area contributed by atoms with Gasteiger partial charge in [0.15, 0.2) is 6.29 Å². The lowest BCUT2D eigenvalue weighted by molar-refractivity contribution is -0.138. The minimum absolute atomic E-state index is 0.0201. The molecule has 2 aliphatic heterocycles. The third kappa shape index (κ3) is 4.59. The molecule has 1 atom stereocenters. The topological polar surface area (TPSA) is 65.9 Å². The maximum absolute atomic E-state index is 13.6. The van der Waals surface area contributed by atoms with Gasteiger partial charge >= 0.3 is 6.18 Å². The van der Waals surface area contributed by atoms with E-state index in [0.717, 1.165) is 11.6 Å². The first-order valence-corrected chi connectivity index (χ1v) is 11.9. The Morgan fingerprint density at radius 3 is 2.48 bits per heavy atom. The SMILES string of the molecule is CS(=O)(=O)C1CCN(C2N=Cc3cccnc3N2Cc2ccccc2C(F)(F)F)CC1. The molecule has 1 saturated heterocycles. The highest BCUT2D eigenvalue weighted by Gasteiger charge is 2.37. The molecule has 0 amide bonds. The second kappa shape index (κ2) is 8.23. The summed E-state index contributed by atoms with van der Waals surface area (Å²) in [5.74, 6) is 0.560. The van der Waals surface area contributed by atoms with Crippen molar-refractivity contribution in [2.45, 2.75) is 37.1 Å². The van der Waals surface area contributed by atoms with E-state index in [1.807, 2.05) is 11.0 Å². The largest absolute Gasteiger partial charge is 0.416 e. The van der Waals surface area contributed by atoms with Gasteiger partial charge in [-0.2, -0.15) is 13.2 Å². The van der Waals surface area contributed by atoms with Crippen LogP contribution in [0.5, 0.6) is 0 Å². The van der Waals surface area contributed by atoms with Crippen LogP contribution in [0.2, 0.25) is 0 Å². The Balaban J connectivity index is 1.66. The zero-order valence-electron chi connectivity index (χ0n) is 17.0. The molecule has 31 heavy (non-hydrogen) atoms. The van der Waals surface area contributed by atoms with Crippen molar-refractivity contribution in [1.82, 2.24) is 9.88 Å². The quantitative estimate of drug-likeness (QED) is 0.712. The summed E-state index contributed by atoms with van der Waals surface area (Å²) in [6, 6.07) is 9.08. The highest BCUT2D eigenvalue weighted by atomic mass is 32.2. The van der Waals surface area contributed by atoms with E-state index in [1.54, 1.807) is 29.4 Å². The fourth-order valence-electron chi connectivity index (χ4n) is 4.19. The molecule has 4 rings (SSSR count). The Bertz CT molecular complexity index is 1080. The zero-order chi connectivity index (χ0) is 22.2. The highest BCUT2D eigenvalue weighted by molar-refractivity contribution is 7.91. The summed E-state index contributed by atoms with van der Waals surface area (Å²) >= 11 is 0. The van der Waals surface area contributed by atoms with Crippen LogP contribution in [0.15, 0.2) is 47.6 Å². The first kappa shape index (κ1) is 21.8. The molecule has 1 unspecified atom stereocenters. The number of alkyl halides is 3. The van der Waals surface area contributed by atoms with Crippen LogP contribution in [0, 0.1) is 0 Å². The Hall–Kier alpha value is -2.46. The van der Waals surface area contributed by atoms with Crippen LogP contribution in [0.4, 0.5) is 19.0 Å². The molecule has 0 saturated carbocycles. The Labute approximate surface area is 179 Å². The third-order valence-corrected chi connectivity index (χ3v) is 7.47. The summed E-state index contributed by atoms with van der Waals surface area (Å²) in [6.07, 6.45) is 0.442. The molecule has 6 nitrogen and oxygen atoms in total. The van der Waals surface area contributed by atoms with Crippen molar-refractivity contribution in [3.63, 3.8) is 0 Å². The molecule has 1 aromatic heterocycles. The van der Waals surface area contributed by atoms with Crippen molar-refractivity contribution >= 4 is 21.9 Å². The van der Waals surface area contributed by atoms with Crippen LogP contribution >= 0.6 is 0 Å². The average molecular weight is 453 g/mol. The summed E-state index contributed by atoms with van der Waals surface area (Å²) in [6.45, 7) is 0.951. The molecule has 2 aromatic rings. The number of hydrogen-bond acceptors (Lipinski definition) is 6. The monoisotopic (exact) mass is 452 g/mol. The molecule has 0 aliphatic carbocycles. The molecule has 0 spiro atoms. The summed E-state index contributed by atoms with van der Waals surface area (Å²) in [5.41, 5.74) is 0.186. The first-order valence-electron chi connectivity index (χ1n) is 9.97. The number of pyridine rings is 1. The Morgan fingerprint density at radius 2 is 1.81 bits per heavy atom. The van der Waals surface area contributed by atoms with Crippen molar-refractivity contribution in [2.24, 2.45) is 4.99 Å². The number of likely N-dealkylation sites (tertiary alicyclic amines) is 1. The van der Waals surface area contributed by atoms with E-state index in [4.69, 9.17) is 0 Å². The maximum Gasteiger partial charge on any atom is 0.416 e. The standard InChI is InChI=1S/C21H23F3N4O2S/c1-31(29,30)17-8-11-27(12-9-17)20-26-13-15-6-4-10-25-19(15)28(20)14-16-5-2-3-7-18(16)21(22,23)24/h2-7,10,13,17,20H,8-9,11-12,14H2,1H3. The molecule has 1 aromatic carbocycles. The van der Waals surface area contributed by atoms with E-state index in [-0.39, 0.29) is 12.1 Å². The summed E-state index contributed by atoms with van der Waals surface area (Å²) in [4.78, 5) is 12.8. The molecule has 3 heterocycles. The van der Waals surface area contributed by atoms with Gasteiger partial charge in [0.1, 0.15) is 15.7 Å². The second-order valence-corrected chi connectivity index (χ2v) is 10.2. The molecule has 0 N–H and O–H groups in total. The molecular weight excluding hydrogens is 429 g/mol. The van der Waals surface area contributed by atoms with Gasteiger partial charge in [0.2, 0.25) is 0 Å². The minimum Gasteiger partial charge on any atom is -0.317 e. The number of aliphatic imine (C=N–C) groups is 1. The lowest BCUT2D eigenvalue weighted by atomic mass is 10.1. The number of benzene rings is 1. The Morgan fingerprint density at radius 1 is 1.10 bits per heavy atom. The van der Waals surface area contributed by atoms with Crippen molar-refractivity contribution in [3.05, 3.63) is 59.3 Å². The molecule has 0 bridgehead atoms. The number of sulfone groups is 1. The number of aromatic nitrogens is 1. The van der Waals surface area contributed by atoms with E-state index >= 15 is 0 Å². The van der Waals surface area contributed by atoms with Crippen LogP contribution in [0.1, 0.15) is 29.5 Å². The lowest BCUT2D eigenvalue weighted by Crippen LogP contribution is -2.53. The summed E-state index contributed by atoms with van der Waals surface area (Å²) in [5, 5.41) is -0.402. The smallest absolute Gasteiger partial charge is 0.317 e.